The first-order chi connectivity index (χ1) is 15.3. The van der Waals surface area contributed by atoms with E-state index in [1.165, 1.54) is 35.3 Å². The number of tetrazole rings is 1. The number of aliphatic carboxylic acids is 1. The van der Waals surface area contributed by atoms with Crippen molar-refractivity contribution in [3.63, 3.8) is 0 Å². The third-order valence-electron chi connectivity index (χ3n) is 4.83. The Bertz CT molecular complexity index is 1170. The van der Waals surface area contributed by atoms with E-state index in [-0.39, 0.29) is 23.6 Å². The van der Waals surface area contributed by atoms with E-state index in [9.17, 15) is 24.3 Å². The smallest absolute Gasteiger partial charge is 0.352 e. The predicted octanol–water partition coefficient (Wildman–Crippen LogP) is -1.46. The number of carbonyl (C=O) groups excluding carboxylic acids is 2. The highest BCUT2D eigenvalue weighted by Crippen LogP contribution is 2.47. The number of hydrogen-bond donors (Lipinski definition) is 3. The molecule has 1 saturated heterocycles. The van der Waals surface area contributed by atoms with Crippen molar-refractivity contribution in [3.05, 3.63) is 33.5 Å². The highest BCUT2D eigenvalue weighted by atomic mass is 32.2. The van der Waals surface area contributed by atoms with E-state index in [0.29, 0.717) is 16.5 Å². The minimum Gasteiger partial charge on any atom is -0.477 e. The Hall–Kier alpha value is -3.11. The number of nitrogens with zero attached hydrogens (tertiary/aromatic N) is 5. The zero-order valence-corrected chi connectivity index (χ0v) is 18.4. The second-order valence-corrected chi connectivity index (χ2v) is 8.82. The van der Waals surface area contributed by atoms with Crippen LogP contribution in [0, 0.1) is 0 Å². The number of carboxylic acids is 1. The third-order valence-corrected chi connectivity index (χ3v) is 7.30. The second kappa shape index (κ2) is 8.44. The van der Waals surface area contributed by atoms with Crippen molar-refractivity contribution in [1.82, 2.24) is 35.6 Å². The maximum Gasteiger partial charge on any atom is 0.352 e. The molecule has 2 atom stereocenters. The van der Waals surface area contributed by atoms with Gasteiger partial charge in [-0.1, -0.05) is 11.8 Å². The summed E-state index contributed by atoms with van der Waals surface area (Å²) in [5.74, 6) is -1.95. The van der Waals surface area contributed by atoms with Crippen LogP contribution in [0.15, 0.2) is 31.8 Å². The van der Waals surface area contributed by atoms with Gasteiger partial charge in [-0.15, -0.1) is 16.9 Å². The monoisotopic (exact) mass is 483 g/mol. The van der Waals surface area contributed by atoms with Crippen LogP contribution in [0.25, 0.3) is 0 Å². The van der Waals surface area contributed by atoms with Gasteiger partial charge in [0, 0.05) is 31.7 Å². The van der Waals surface area contributed by atoms with Crippen molar-refractivity contribution in [3.8, 4) is 0 Å². The molecule has 1 fully saturated rings. The molecular weight excluding hydrogens is 466 g/mol. The molecule has 0 bridgehead atoms. The molecule has 3 N–H and O–H groups in total. The topological polar surface area (TPSA) is 186 Å². The largest absolute Gasteiger partial charge is 0.477 e. The number of fused-ring (bicyclic) bond motifs is 1. The molecule has 16 heteroatoms. The number of carboxylic acid groups (broad SMARTS) is 1. The van der Waals surface area contributed by atoms with Crippen LogP contribution in [0.1, 0.15) is 5.76 Å². The molecule has 32 heavy (non-hydrogen) atoms. The van der Waals surface area contributed by atoms with Gasteiger partial charge in [-0.05, 0) is 16.0 Å². The Kier molecular flexibility index (Phi) is 5.83. The summed E-state index contributed by atoms with van der Waals surface area (Å²) in [6.45, 7) is 0. The van der Waals surface area contributed by atoms with E-state index in [4.69, 9.17) is 9.26 Å². The molecule has 170 valence electrons. The fourth-order valence-corrected chi connectivity index (χ4v) is 5.79. The van der Waals surface area contributed by atoms with Crippen LogP contribution in [0.5, 0.6) is 0 Å². The Balaban J connectivity index is 1.53. The minimum absolute atomic E-state index is 0.0855. The van der Waals surface area contributed by atoms with Crippen molar-refractivity contribution in [2.24, 2.45) is 7.05 Å². The van der Waals surface area contributed by atoms with Crippen molar-refractivity contribution in [1.29, 1.82) is 0 Å². The van der Waals surface area contributed by atoms with Gasteiger partial charge in [0.15, 0.2) is 0 Å². The Morgan fingerprint density at radius 3 is 2.88 bits per heavy atom. The van der Waals surface area contributed by atoms with E-state index in [1.807, 2.05) is 0 Å². The predicted molar refractivity (Wildman–Crippen MR) is 108 cm³/mol. The first kappa shape index (κ1) is 22.1. The maximum atomic E-state index is 13.0. The van der Waals surface area contributed by atoms with Crippen LogP contribution in [-0.4, -0.2) is 82.9 Å². The normalized spacial score (nSPS) is 22.5. The molecule has 0 aliphatic carbocycles. The first-order valence-corrected chi connectivity index (χ1v) is 11.1. The number of methoxy groups -OCH3 is 1. The van der Waals surface area contributed by atoms with Crippen molar-refractivity contribution in [2.45, 2.75) is 22.7 Å². The van der Waals surface area contributed by atoms with Gasteiger partial charge in [0.25, 0.3) is 17.2 Å². The van der Waals surface area contributed by atoms with Gasteiger partial charge in [-0.3, -0.25) is 19.3 Å². The molecule has 2 amide bonds. The summed E-state index contributed by atoms with van der Waals surface area (Å²) in [4.78, 5) is 49.8. The van der Waals surface area contributed by atoms with Gasteiger partial charge in [0.05, 0.1) is 6.42 Å². The van der Waals surface area contributed by atoms with Crippen molar-refractivity contribution >= 4 is 41.3 Å². The molecule has 4 heterocycles. The first-order valence-electron chi connectivity index (χ1n) is 9.06. The summed E-state index contributed by atoms with van der Waals surface area (Å²) >= 11 is 2.51. The lowest BCUT2D eigenvalue weighted by Gasteiger charge is -2.55. The van der Waals surface area contributed by atoms with E-state index >= 15 is 0 Å². The minimum atomic E-state index is -1.73. The Labute approximate surface area is 187 Å². The SMILES string of the molecule is CO[C@@]1(NC(=O)Cc2cc(=O)[nH]o2)C(=O)N2C(C(=O)O)=C(CSc3nnnn3C)CS[C@@H]21. The number of β-lactam (4-membered cyclic amide) rings is 1. The number of amides is 2. The van der Waals surface area contributed by atoms with Gasteiger partial charge in [0.2, 0.25) is 11.1 Å². The van der Waals surface area contributed by atoms with Crippen LogP contribution in [0.2, 0.25) is 0 Å². The molecule has 0 aromatic carbocycles. The second-order valence-electron chi connectivity index (χ2n) is 6.81. The van der Waals surface area contributed by atoms with E-state index in [2.05, 4.69) is 26.0 Å². The number of rotatable bonds is 8. The lowest BCUT2D eigenvalue weighted by molar-refractivity contribution is -0.192. The lowest BCUT2D eigenvalue weighted by Crippen LogP contribution is -2.80. The summed E-state index contributed by atoms with van der Waals surface area (Å²) in [5, 5.41) is 25.2. The molecule has 2 aliphatic heterocycles. The van der Waals surface area contributed by atoms with Crippen LogP contribution < -0.4 is 10.9 Å². The number of aryl methyl sites for hydroxylation is 1. The fourth-order valence-electron chi connectivity index (χ4n) is 3.37. The van der Waals surface area contributed by atoms with Gasteiger partial charge in [-0.25, -0.2) is 9.48 Å². The number of aromatic amines is 1. The highest BCUT2D eigenvalue weighted by Gasteiger charge is 2.66. The maximum absolute atomic E-state index is 13.0. The van der Waals surface area contributed by atoms with Gasteiger partial charge in [-0.2, -0.15) is 5.16 Å². The highest BCUT2D eigenvalue weighted by molar-refractivity contribution is 8.01. The fraction of sp³-hybridized carbons (Fsp3) is 0.438. The van der Waals surface area contributed by atoms with Crippen LogP contribution in [-0.2, 0) is 32.6 Å². The van der Waals surface area contributed by atoms with Gasteiger partial charge < -0.3 is 19.7 Å². The summed E-state index contributed by atoms with van der Waals surface area (Å²) in [5.41, 5.74) is -1.86. The average Bonchev–Trinajstić information content (AvgIpc) is 3.36. The van der Waals surface area contributed by atoms with Crippen LogP contribution in [0.4, 0.5) is 0 Å². The lowest BCUT2D eigenvalue weighted by atomic mass is 9.98. The zero-order valence-electron chi connectivity index (χ0n) is 16.7. The molecule has 4 rings (SSSR count). The van der Waals surface area contributed by atoms with Crippen LogP contribution in [0.3, 0.4) is 0 Å². The summed E-state index contributed by atoms with van der Waals surface area (Å²) in [7, 11) is 2.91. The molecule has 2 aromatic rings. The number of carbonyl (C=O) groups is 3. The van der Waals surface area contributed by atoms with Crippen LogP contribution >= 0.6 is 23.5 Å². The number of nitrogens with one attached hydrogen (secondary N) is 2. The third kappa shape index (κ3) is 3.69. The standard InChI is InChI=1S/C16H17N7O7S2/c1-22-15(18-20-21-22)32-6-7-5-31-14-16(29-2,13(28)23(14)11(7)12(26)27)17-9(24)3-8-4-10(25)19-30-8/h4,14H,3,5-6H2,1-2H3,(H,17,24)(H,19,25)(H,26,27)/t14-,16+/m1/s1. The summed E-state index contributed by atoms with van der Waals surface area (Å²) in [6, 6.07) is 1.12. The summed E-state index contributed by atoms with van der Waals surface area (Å²) < 4.78 is 11.7. The Morgan fingerprint density at radius 2 is 2.28 bits per heavy atom. The van der Waals surface area contributed by atoms with Crippen molar-refractivity contribution < 1.29 is 28.8 Å². The quantitative estimate of drug-likeness (QED) is 0.225. The van der Waals surface area contributed by atoms with Gasteiger partial charge >= 0.3 is 5.97 Å². The molecule has 2 aromatic heterocycles. The Morgan fingerprint density at radius 1 is 1.50 bits per heavy atom. The average molecular weight is 483 g/mol. The number of thioether (sulfide) groups is 2. The number of aromatic nitrogens is 5. The number of hydrogen-bond acceptors (Lipinski definition) is 11. The summed E-state index contributed by atoms with van der Waals surface area (Å²) in [6.07, 6.45) is -0.302. The zero-order chi connectivity index (χ0) is 23.0. The molecule has 0 radical (unpaired) electrons. The number of ether oxygens (including phenoxy) is 1. The van der Waals surface area contributed by atoms with Crippen molar-refractivity contribution in [2.75, 3.05) is 18.6 Å². The number of H-pyrrole nitrogens is 1. The molecule has 14 nitrogen and oxygen atoms in total. The van der Waals surface area contributed by atoms with Gasteiger partial charge in [0.1, 0.15) is 16.8 Å². The van der Waals surface area contributed by atoms with E-state index in [0.717, 1.165) is 11.0 Å². The molecule has 0 spiro atoms. The molecule has 0 unspecified atom stereocenters. The van der Waals surface area contributed by atoms with E-state index in [1.54, 1.807) is 7.05 Å². The van der Waals surface area contributed by atoms with E-state index < -0.39 is 34.4 Å². The molecule has 2 aliphatic rings. The molecular formula is C16H17N7O7S2. The molecule has 0 saturated carbocycles.